The van der Waals surface area contributed by atoms with Crippen molar-refractivity contribution in [1.82, 2.24) is 4.90 Å². The van der Waals surface area contributed by atoms with Crippen molar-refractivity contribution in [2.24, 2.45) is 11.7 Å². The summed E-state index contributed by atoms with van der Waals surface area (Å²) in [6.45, 7) is 0.395. The van der Waals surface area contributed by atoms with E-state index in [1.54, 1.807) is 17.0 Å². The van der Waals surface area contributed by atoms with E-state index in [9.17, 15) is 14.0 Å². The van der Waals surface area contributed by atoms with Gasteiger partial charge in [-0.25, -0.2) is 4.39 Å². The fourth-order valence-corrected chi connectivity index (χ4v) is 6.66. The molecule has 0 bridgehead atoms. The molecule has 0 saturated heterocycles. The molecule has 0 spiro atoms. The van der Waals surface area contributed by atoms with E-state index in [1.165, 1.54) is 12.1 Å². The van der Waals surface area contributed by atoms with E-state index in [1.807, 2.05) is 36.4 Å². The zero-order valence-corrected chi connectivity index (χ0v) is 24.3. The first-order valence-electron chi connectivity index (χ1n) is 15.2. The largest absolute Gasteiger partial charge is 0.493 e. The number of hydrogen-bond acceptors (Lipinski definition) is 3. The van der Waals surface area contributed by atoms with Crippen molar-refractivity contribution in [1.29, 1.82) is 0 Å². The molecule has 1 unspecified atom stereocenters. The average Bonchev–Trinajstić information content (AvgIpc) is 3.54. The maximum atomic E-state index is 14.0. The molecule has 2 N–H and O–H groups in total. The number of carbonyl (C=O) groups excluding carboxylic acids is 2. The third kappa shape index (κ3) is 6.48. The molecule has 5 nitrogen and oxygen atoms in total. The van der Waals surface area contributed by atoms with Crippen LogP contribution in [0.15, 0.2) is 97.1 Å². The molecule has 1 aliphatic carbocycles. The van der Waals surface area contributed by atoms with Gasteiger partial charge >= 0.3 is 0 Å². The van der Waals surface area contributed by atoms with E-state index >= 15 is 0 Å². The van der Waals surface area contributed by atoms with Gasteiger partial charge in [0.05, 0.1) is 12.6 Å². The number of rotatable bonds is 9. The van der Waals surface area contributed by atoms with Crippen LogP contribution in [0.2, 0.25) is 0 Å². The van der Waals surface area contributed by atoms with Crippen LogP contribution in [0.4, 0.5) is 4.39 Å². The van der Waals surface area contributed by atoms with E-state index in [2.05, 4.69) is 36.4 Å². The second kappa shape index (κ2) is 12.8. The molecule has 43 heavy (non-hydrogen) atoms. The van der Waals surface area contributed by atoms with Crippen LogP contribution in [-0.4, -0.2) is 23.3 Å². The smallest absolute Gasteiger partial charge is 0.244 e. The molecule has 1 heterocycles. The molecule has 4 aromatic carbocycles. The van der Waals surface area contributed by atoms with Crippen LogP contribution < -0.4 is 10.5 Å². The summed E-state index contributed by atoms with van der Waals surface area (Å²) in [7, 11) is 0. The Balaban J connectivity index is 1.30. The first-order valence-corrected chi connectivity index (χ1v) is 15.2. The van der Waals surface area contributed by atoms with Crippen molar-refractivity contribution in [3.63, 3.8) is 0 Å². The van der Waals surface area contributed by atoms with Crippen molar-refractivity contribution < 1.29 is 18.7 Å². The Labute approximate surface area is 252 Å². The van der Waals surface area contributed by atoms with Gasteiger partial charge in [0.15, 0.2) is 0 Å². The average molecular weight is 577 g/mol. The summed E-state index contributed by atoms with van der Waals surface area (Å²) in [6, 6.07) is 29.4. The Bertz CT molecular complexity index is 1560. The van der Waals surface area contributed by atoms with Crippen LogP contribution in [0.5, 0.6) is 5.75 Å². The predicted octanol–water partition coefficient (Wildman–Crippen LogP) is 7.35. The Kier molecular flexibility index (Phi) is 8.55. The van der Waals surface area contributed by atoms with Gasteiger partial charge in [-0.15, -0.1) is 0 Å². The number of amides is 2. The first kappa shape index (κ1) is 28.7. The van der Waals surface area contributed by atoms with Gasteiger partial charge in [0, 0.05) is 12.8 Å². The van der Waals surface area contributed by atoms with Crippen LogP contribution in [0.1, 0.15) is 66.4 Å². The molecular formula is C37H37FN2O3. The first-order chi connectivity index (χ1) is 21.0. The van der Waals surface area contributed by atoms with Gasteiger partial charge in [-0.3, -0.25) is 9.59 Å². The van der Waals surface area contributed by atoms with Crippen molar-refractivity contribution in [2.45, 2.75) is 57.0 Å². The van der Waals surface area contributed by atoms with E-state index in [0.29, 0.717) is 37.5 Å². The lowest BCUT2D eigenvalue weighted by atomic mass is 9.83. The second-order valence-electron chi connectivity index (χ2n) is 11.8. The summed E-state index contributed by atoms with van der Waals surface area (Å²) in [4.78, 5) is 29.0. The number of nitrogens with two attached hydrogens (primary N) is 1. The van der Waals surface area contributed by atoms with Crippen molar-refractivity contribution >= 4 is 11.8 Å². The second-order valence-corrected chi connectivity index (χ2v) is 11.8. The number of ether oxygens (including phenoxy) is 1. The van der Waals surface area contributed by atoms with Gasteiger partial charge in [0.2, 0.25) is 11.8 Å². The van der Waals surface area contributed by atoms with Gasteiger partial charge in [0.25, 0.3) is 0 Å². The zero-order valence-electron chi connectivity index (χ0n) is 24.3. The number of hydrogen-bond donors (Lipinski definition) is 1. The van der Waals surface area contributed by atoms with Crippen LogP contribution >= 0.6 is 0 Å². The van der Waals surface area contributed by atoms with Gasteiger partial charge in [0.1, 0.15) is 17.6 Å². The lowest BCUT2D eigenvalue weighted by Crippen LogP contribution is -2.47. The predicted molar refractivity (Wildman–Crippen MR) is 166 cm³/mol. The number of fused-ring (bicyclic) bond motifs is 1. The van der Waals surface area contributed by atoms with Crippen LogP contribution in [0.25, 0.3) is 11.1 Å². The highest BCUT2D eigenvalue weighted by Gasteiger charge is 2.42. The van der Waals surface area contributed by atoms with Crippen molar-refractivity contribution in [3.8, 4) is 16.9 Å². The molecule has 1 saturated carbocycles. The minimum atomic E-state index is -0.892. The molecule has 220 valence electrons. The summed E-state index contributed by atoms with van der Waals surface area (Å²) in [5, 5.41) is 0. The molecule has 0 aromatic heterocycles. The topological polar surface area (TPSA) is 72.6 Å². The maximum absolute atomic E-state index is 14.0. The van der Waals surface area contributed by atoms with Crippen LogP contribution in [-0.2, 0) is 22.4 Å². The van der Waals surface area contributed by atoms with Crippen LogP contribution in [0, 0.1) is 11.7 Å². The summed E-state index contributed by atoms with van der Waals surface area (Å²) >= 11 is 0. The zero-order chi connectivity index (χ0) is 29.8. The lowest BCUT2D eigenvalue weighted by Gasteiger charge is -2.42. The summed E-state index contributed by atoms with van der Waals surface area (Å²) in [5.74, 6) is 0.108. The third-order valence-electron chi connectivity index (χ3n) is 8.91. The Morgan fingerprint density at radius 1 is 0.860 bits per heavy atom. The van der Waals surface area contributed by atoms with E-state index in [-0.39, 0.29) is 17.8 Å². The van der Waals surface area contributed by atoms with Crippen molar-refractivity contribution in [3.05, 3.63) is 125 Å². The van der Waals surface area contributed by atoms with E-state index in [4.69, 9.17) is 10.5 Å². The Hall–Kier alpha value is -4.45. The number of carbonyl (C=O) groups is 2. The normalized spacial score (nSPS) is 18.3. The Morgan fingerprint density at radius 2 is 1.56 bits per heavy atom. The number of benzene rings is 4. The molecule has 2 atom stereocenters. The Morgan fingerprint density at radius 3 is 2.26 bits per heavy atom. The highest BCUT2D eigenvalue weighted by molar-refractivity contribution is 5.89. The van der Waals surface area contributed by atoms with Crippen molar-refractivity contribution in [2.75, 3.05) is 6.61 Å². The molecule has 2 aliphatic rings. The highest BCUT2D eigenvalue weighted by atomic mass is 19.1. The van der Waals surface area contributed by atoms with Gasteiger partial charge < -0.3 is 15.4 Å². The monoisotopic (exact) mass is 576 g/mol. The molecule has 0 radical (unpaired) electrons. The van der Waals surface area contributed by atoms with E-state index in [0.717, 1.165) is 59.1 Å². The molecule has 1 fully saturated rings. The number of halogens is 1. The summed E-state index contributed by atoms with van der Waals surface area (Å²) in [6.07, 6.45) is 5.98. The standard InChI is InChI=1S/C37H37FN2O3/c38-31-17-10-25(11-18-31)20-21-43-32-19-16-30-23-34(29-14-12-28(13-15-29)27-8-2-1-3-9-27)40(36(37(39)42)33(30)24-32)35(41)22-26-6-4-5-7-26/h1-3,8-19,24,26,34,36H,4-7,20-23H2,(H2,39,42)/t34-,36?/m0/s1. The minimum Gasteiger partial charge on any atom is -0.493 e. The van der Waals surface area contributed by atoms with Gasteiger partial charge in [-0.1, -0.05) is 85.6 Å². The number of primary amides is 1. The molecule has 6 rings (SSSR count). The quantitative estimate of drug-likeness (QED) is 0.227. The molecule has 6 heteroatoms. The lowest BCUT2D eigenvalue weighted by molar-refractivity contribution is -0.144. The number of nitrogens with zero attached hydrogens (tertiary/aromatic N) is 1. The minimum absolute atomic E-state index is 0.0267. The van der Waals surface area contributed by atoms with Crippen LogP contribution in [0.3, 0.4) is 0 Å². The molecule has 1 aliphatic heterocycles. The molecular weight excluding hydrogens is 539 g/mol. The highest BCUT2D eigenvalue weighted by Crippen LogP contribution is 2.43. The molecule has 2 amide bonds. The SMILES string of the molecule is NC(=O)C1c2cc(OCCc3ccc(F)cc3)ccc2C[C@@H](c2ccc(-c3ccccc3)cc2)N1C(=O)CC1CCCC1. The fraction of sp³-hybridized carbons (Fsp3) is 0.297. The summed E-state index contributed by atoms with van der Waals surface area (Å²) < 4.78 is 19.3. The van der Waals surface area contributed by atoms with E-state index < -0.39 is 11.9 Å². The maximum Gasteiger partial charge on any atom is 0.244 e. The van der Waals surface area contributed by atoms with Gasteiger partial charge in [-0.2, -0.15) is 0 Å². The third-order valence-corrected chi connectivity index (χ3v) is 8.91. The fourth-order valence-electron chi connectivity index (χ4n) is 6.66. The molecule has 4 aromatic rings. The summed E-state index contributed by atoms with van der Waals surface area (Å²) in [5.41, 5.74) is 12.0. The van der Waals surface area contributed by atoms with Gasteiger partial charge in [-0.05, 0) is 82.8 Å².